The fourth-order valence-corrected chi connectivity index (χ4v) is 3.21. The van der Waals surface area contributed by atoms with Crippen molar-refractivity contribution in [2.75, 3.05) is 13.1 Å². The van der Waals surface area contributed by atoms with E-state index in [9.17, 15) is 4.79 Å². The zero-order valence-corrected chi connectivity index (χ0v) is 14.5. The molecule has 1 fully saturated rings. The van der Waals surface area contributed by atoms with Gasteiger partial charge in [0.1, 0.15) is 0 Å². The molecule has 1 aliphatic heterocycles. The van der Waals surface area contributed by atoms with Gasteiger partial charge in [0.15, 0.2) is 0 Å². The van der Waals surface area contributed by atoms with Crippen LogP contribution in [-0.4, -0.2) is 29.6 Å². The van der Waals surface area contributed by atoms with Crippen LogP contribution in [0.25, 0.3) is 5.69 Å². The summed E-state index contributed by atoms with van der Waals surface area (Å²) >= 11 is 0. The minimum absolute atomic E-state index is 0. The number of piperidine rings is 1. The van der Waals surface area contributed by atoms with Crippen molar-refractivity contribution in [1.82, 2.24) is 15.2 Å². The van der Waals surface area contributed by atoms with Crippen LogP contribution in [0, 0.1) is 13.8 Å². The summed E-state index contributed by atoms with van der Waals surface area (Å²) in [5, 5.41) is 6.48. The first-order valence-electron chi connectivity index (χ1n) is 7.93. The minimum atomic E-state index is 0. The van der Waals surface area contributed by atoms with Gasteiger partial charge < -0.3 is 15.2 Å². The quantitative estimate of drug-likeness (QED) is 0.907. The van der Waals surface area contributed by atoms with Crippen LogP contribution in [-0.2, 0) is 0 Å². The Hall–Kier alpha value is -1.78. The van der Waals surface area contributed by atoms with E-state index in [2.05, 4.69) is 27.3 Å². The Labute approximate surface area is 143 Å². The molecule has 5 heteroatoms. The average Bonchev–Trinajstić information content (AvgIpc) is 2.84. The monoisotopic (exact) mass is 333 g/mol. The zero-order valence-electron chi connectivity index (χ0n) is 13.6. The molecule has 2 heterocycles. The second-order valence-electron chi connectivity index (χ2n) is 5.97. The Balaban J connectivity index is 0.00000192. The van der Waals surface area contributed by atoms with Crippen molar-refractivity contribution < 1.29 is 4.79 Å². The number of halogens is 1. The van der Waals surface area contributed by atoms with E-state index in [0.29, 0.717) is 0 Å². The number of hydrogen-bond donors (Lipinski definition) is 2. The van der Waals surface area contributed by atoms with Crippen LogP contribution < -0.4 is 10.6 Å². The molecule has 1 aliphatic rings. The lowest BCUT2D eigenvalue weighted by Gasteiger charge is -2.23. The molecule has 0 aliphatic carbocycles. The molecule has 1 atom stereocenters. The highest BCUT2D eigenvalue weighted by Crippen LogP contribution is 2.21. The summed E-state index contributed by atoms with van der Waals surface area (Å²) in [6, 6.07) is 12.4. The van der Waals surface area contributed by atoms with E-state index in [4.69, 9.17) is 0 Å². The summed E-state index contributed by atoms with van der Waals surface area (Å²) in [5.74, 6) is 0.0315. The van der Waals surface area contributed by atoms with Crippen molar-refractivity contribution in [1.29, 1.82) is 0 Å². The summed E-state index contributed by atoms with van der Waals surface area (Å²) in [5.41, 5.74) is 3.93. The van der Waals surface area contributed by atoms with Crippen molar-refractivity contribution >= 4 is 18.3 Å². The second kappa shape index (κ2) is 7.66. The topological polar surface area (TPSA) is 46.1 Å². The predicted molar refractivity (Wildman–Crippen MR) is 95.8 cm³/mol. The molecular weight excluding hydrogens is 310 g/mol. The molecule has 23 heavy (non-hydrogen) atoms. The van der Waals surface area contributed by atoms with Gasteiger partial charge in [0.25, 0.3) is 5.91 Å². The van der Waals surface area contributed by atoms with Crippen LogP contribution in [0.15, 0.2) is 36.4 Å². The minimum Gasteiger partial charge on any atom is -0.348 e. The number of nitrogens with zero attached hydrogens (tertiary/aromatic N) is 1. The third-order valence-electron chi connectivity index (χ3n) is 4.32. The third-order valence-corrected chi connectivity index (χ3v) is 4.32. The van der Waals surface area contributed by atoms with E-state index < -0.39 is 0 Å². The highest BCUT2D eigenvalue weighted by atomic mass is 35.5. The number of carbonyl (C=O) groups excluding carboxylic acids is 1. The lowest BCUT2D eigenvalue weighted by Crippen LogP contribution is -2.45. The van der Waals surface area contributed by atoms with Gasteiger partial charge in [-0.05, 0) is 51.4 Å². The fourth-order valence-electron chi connectivity index (χ4n) is 3.21. The molecule has 4 nitrogen and oxygen atoms in total. The normalized spacial score (nSPS) is 17.4. The number of aryl methyl sites for hydroxylation is 1. The molecule has 1 aromatic carbocycles. The first kappa shape index (κ1) is 17.6. The summed E-state index contributed by atoms with van der Waals surface area (Å²) in [4.78, 5) is 12.6. The van der Waals surface area contributed by atoms with Crippen LogP contribution in [0.2, 0.25) is 0 Å². The highest BCUT2D eigenvalue weighted by molar-refractivity contribution is 5.96. The van der Waals surface area contributed by atoms with Crippen LogP contribution >= 0.6 is 12.4 Å². The zero-order chi connectivity index (χ0) is 15.5. The number of aromatic nitrogens is 1. The van der Waals surface area contributed by atoms with Gasteiger partial charge in [0.05, 0.1) is 5.56 Å². The number of hydrogen-bond acceptors (Lipinski definition) is 2. The maximum absolute atomic E-state index is 12.6. The van der Waals surface area contributed by atoms with Crippen LogP contribution in [0.4, 0.5) is 0 Å². The van der Waals surface area contributed by atoms with Gasteiger partial charge >= 0.3 is 0 Å². The standard InChI is InChI=1S/C18H23N3O.ClH/c1-13-11-17(18(22)20-15-7-6-10-19-12-15)14(2)21(13)16-8-4-3-5-9-16;/h3-5,8-9,11,15,19H,6-7,10,12H2,1-2H3,(H,20,22);1H/t15-;/m0./s1. The molecule has 0 bridgehead atoms. The first-order chi connectivity index (χ1) is 10.7. The maximum atomic E-state index is 12.6. The van der Waals surface area contributed by atoms with Crippen molar-refractivity contribution in [3.05, 3.63) is 53.3 Å². The fraction of sp³-hybridized carbons (Fsp3) is 0.389. The number of carbonyl (C=O) groups is 1. The van der Waals surface area contributed by atoms with Crippen LogP contribution in [0.1, 0.15) is 34.6 Å². The van der Waals surface area contributed by atoms with Crippen LogP contribution in [0.5, 0.6) is 0 Å². The molecule has 2 N–H and O–H groups in total. The van der Waals surface area contributed by atoms with Crippen molar-refractivity contribution in [2.45, 2.75) is 32.7 Å². The number of benzene rings is 1. The Bertz CT molecular complexity index is 660. The molecular formula is C18H24ClN3O. The van der Waals surface area contributed by atoms with Crippen molar-refractivity contribution in [3.8, 4) is 5.69 Å². The summed E-state index contributed by atoms with van der Waals surface area (Å²) in [7, 11) is 0. The Morgan fingerprint density at radius 1 is 1.26 bits per heavy atom. The van der Waals surface area contributed by atoms with Gasteiger partial charge in [-0.3, -0.25) is 4.79 Å². The number of nitrogens with one attached hydrogen (secondary N) is 2. The number of para-hydroxylation sites is 1. The van der Waals surface area contributed by atoms with E-state index in [0.717, 1.165) is 48.6 Å². The number of rotatable bonds is 3. The van der Waals surface area contributed by atoms with Gasteiger partial charge in [0.2, 0.25) is 0 Å². The average molecular weight is 334 g/mol. The Kier molecular flexibility index (Phi) is 5.85. The Morgan fingerprint density at radius 2 is 2.00 bits per heavy atom. The lowest BCUT2D eigenvalue weighted by atomic mass is 10.1. The van der Waals surface area contributed by atoms with Gasteiger partial charge in [-0.15, -0.1) is 12.4 Å². The molecule has 2 aromatic rings. The third kappa shape index (κ3) is 3.77. The molecule has 3 rings (SSSR count). The molecule has 0 unspecified atom stereocenters. The first-order valence-corrected chi connectivity index (χ1v) is 7.93. The van der Waals surface area contributed by atoms with Gasteiger partial charge in [-0.2, -0.15) is 0 Å². The van der Waals surface area contributed by atoms with E-state index in [1.54, 1.807) is 0 Å². The lowest BCUT2D eigenvalue weighted by molar-refractivity contribution is 0.0930. The number of amides is 1. The van der Waals surface area contributed by atoms with E-state index in [1.165, 1.54) is 0 Å². The van der Waals surface area contributed by atoms with E-state index in [-0.39, 0.29) is 24.4 Å². The Morgan fingerprint density at radius 3 is 2.65 bits per heavy atom. The summed E-state index contributed by atoms with van der Waals surface area (Å²) < 4.78 is 2.13. The maximum Gasteiger partial charge on any atom is 0.253 e. The highest BCUT2D eigenvalue weighted by Gasteiger charge is 2.20. The van der Waals surface area contributed by atoms with Gasteiger partial charge in [-0.1, -0.05) is 18.2 Å². The predicted octanol–water partition coefficient (Wildman–Crippen LogP) is 3.00. The molecule has 0 radical (unpaired) electrons. The van der Waals surface area contributed by atoms with Gasteiger partial charge in [0, 0.05) is 29.7 Å². The molecule has 0 spiro atoms. The van der Waals surface area contributed by atoms with Crippen molar-refractivity contribution in [2.24, 2.45) is 0 Å². The molecule has 1 amide bonds. The van der Waals surface area contributed by atoms with Crippen molar-refractivity contribution in [3.63, 3.8) is 0 Å². The largest absolute Gasteiger partial charge is 0.348 e. The van der Waals surface area contributed by atoms with E-state index in [1.807, 2.05) is 38.1 Å². The SMILES string of the molecule is Cc1cc(C(=O)N[C@H]2CCCNC2)c(C)n1-c1ccccc1.Cl. The van der Waals surface area contributed by atoms with E-state index >= 15 is 0 Å². The summed E-state index contributed by atoms with van der Waals surface area (Å²) in [6.45, 7) is 5.96. The second-order valence-corrected chi connectivity index (χ2v) is 5.97. The molecule has 124 valence electrons. The molecule has 0 saturated carbocycles. The van der Waals surface area contributed by atoms with Gasteiger partial charge in [-0.25, -0.2) is 0 Å². The molecule has 1 aromatic heterocycles. The molecule has 1 saturated heterocycles. The smallest absolute Gasteiger partial charge is 0.253 e. The van der Waals surface area contributed by atoms with Crippen LogP contribution in [0.3, 0.4) is 0 Å². The summed E-state index contributed by atoms with van der Waals surface area (Å²) in [6.07, 6.45) is 2.17.